The summed E-state index contributed by atoms with van der Waals surface area (Å²) in [6.07, 6.45) is -0.281. The smallest absolute Gasteiger partial charge is 0.404 e. The van der Waals surface area contributed by atoms with Gasteiger partial charge in [0.2, 0.25) is 0 Å². The first kappa shape index (κ1) is 9.07. The Morgan fingerprint density at radius 2 is 2.00 bits per heavy atom. The summed E-state index contributed by atoms with van der Waals surface area (Å²) >= 11 is 5.06. The lowest BCUT2D eigenvalue weighted by atomic mass is 10.1. The number of benzene rings is 1. The summed E-state index contributed by atoms with van der Waals surface area (Å²) in [5, 5.41) is 0. The first-order valence-electron chi connectivity index (χ1n) is 3.61. The van der Waals surface area contributed by atoms with Crippen LogP contribution >= 0.6 is 11.6 Å². The summed E-state index contributed by atoms with van der Waals surface area (Å²) in [5.74, 6) is 0. The Labute approximate surface area is 76.1 Å². The second kappa shape index (κ2) is 4.12. The Kier molecular flexibility index (Phi) is 3.11. The molecular weight excluding hydrogens is 176 g/mol. The van der Waals surface area contributed by atoms with Gasteiger partial charge < -0.3 is 4.74 Å². The van der Waals surface area contributed by atoms with Crippen molar-refractivity contribution >= 4 is 17.0 Å². The molecule has 12 heavy (non-hydrogen) atoms. The molecule has 0 aliphatic rings. The maximum Gasteiger partial charge on any atom is 0.404 e. The van der Waals surface area contributed by atoms with Crippen molar-refractivity contribution in [2.24, 2.45) is 0 Å². The van der Waals surface area contributed by atoms with Gasteiger partial charge in [0.25, 0.3) is 0 Å². The molecule has 64 valence electrons. The minimum atomic E-state index is -0.772. The molecule has 0 aliphatic carbocycles. The quantitative estimate of drug-likeness (QED) is 0.661. The maximum absolute atomic E-state index is 10.4. The van der Waals surface area contributed by atoms with Gasteiger partial charge in [-0.25, -0.2) is 4.79 Å². The molecule has 1 aromatic rings. The molecular formula is C9H9ClO2. The van der Waals surface area contributed by atoms with Crippen LogP contribution in [0.2, 0.25) is 0 Å². The lowest BCUT2D eigenvalue weighted by Crippen LogP contribution is -2.01. The Bertz CT molecular complexity index is 258. The molecule has 2 nitrogen and oxygen atoms in total. The highest BCUT2D eigenvalue weighted by Gasteiger charge is 2.07. The van der Waals surface area contributed by atoms with Crippen LogP contribution in [0.25, 0.3) is 0 Å². The molecule has 0 amide bonds. The van der Waals surface area contributed by atoms with Crippen LogP contribution in [0.15, 0.2) is 30.3 Å². The summed E-state index contributed by atoms with van der Waals surface area (Å²) in [5.41, 5.74) is 0.165. The molecule has 0 radical (unpaired) electrons. The SMILES string of the molecule is C[C@H](OC(=O)Cl)c1ccccc1. The van der Waals surface area contributed by atoms with Crippen LogP contribution in [0.5, 0.6) is 0 Å². The average Bonchev–Trinajstić information content (AvgIpc) is 2.05. The van der Waals surface area contributed by atoms with E-state index in [9.17, 15) is 4.79 Å². The van der Waals surface area contributed by atoms with E-state index < -0.39 is 5.43 Å². The lowest BCUT2D eigenvalue weighted by Gasteiger charge is -2.09. The number of hydrogen-bond donors (Lipinski definition) is 0. The van der Waals surface area contributed by atoms with E-state index in [0.29, 0.717) is 0 Å². The summed E-state index contributed by atoms with van der Waals surface area (Å²) in [6, 6.07) is 9.43. The summed E-state index contributed by atoms with van der Waals surface area (Å²) in [7, 11) is 0. The predicted molar refractivity (Wildman–Crippen MR) is 47.2 cm³/mol. The fourth-order valence-electron chi connectivity index (χ4n) is 0.931. The van der Waals surface area contributed by atoms with Gasteiger partial charge in [0.05, 0.1) is 0 Å². The van der Waals surface area contributed by atoms with Crippen LogP contribution in [-0.2, 0) is 4.74 Å². The maximum atomic E-state index is 10.4. The number of hydrogen-bond acceptors (Lipinski definition) is 2. The van der Waals surface area contributed by atoms with Gasteiger partial charge in [-0.3, -0.25) is 0 Å². The van der Waals surface area contributed by atoms with Crippen molar-refractivity contribution in [2.75, 3.05) is 0 Å². The van der Waals surface area contributed by atoms with Crippen molar-refractivity contribution in [1.82, 2.24) is 0 Å². The van der Waals surface area contributed by atoms with E-state index in [1.54, 1.807) is 6.92 Å². The molecule has 0 N–H and O–H groups in total. The molecule has 1 aromatic carbocycles. The van der Waals surface area contributed by atoms with E-state index in [1.807, 2.05) is 30.3 Å². The molecule has 0 spiro atoms. The van der Waals surface area contributed by atoms with E-state index >= 15 is 0 Å². The highest BCUT2D eigenvalue weighted by molar-refractivity contribution is 6.61. The second-order valence-corrected chi connectivity index (χ2v) is 2.72. The first-order chi connectivity index (χ1) is 5.70. The average molecular weight is 185 g/mol. The molecule has 3 heteroatoms. The first-order valence-corrected chi connectivity index (χ1v) is 3.99. The molecule has 0 fully saturated rings. The number of halogens is 1. The number of carbonyl (C=O) groups excluding carboxylic acids is 1. The Hall–Kier alpha value is -1.02. The molecule has 0 heterocycles. The van der Waals surface area contributed by atoms with Crippen molar-refractivity contribution in [3.05, 3.63) is 35.9 Å². The van der Waals surface area contributed by atoms with Gasteiger partial charge in [-0.05, 0) is 12.5 Å². The molecule has 1 rings (SSSR count). The van der Waals surface area contributed by atoms with Gasteiger partial charge in [-0.15, -0.1) is 0 Å². The molecule has 1 atom stereocenters. The van der Waals surface area contributed by atoms with Crippen molar-refractivity contribution in [3.8, 4) is 0 Å². The fraction of sp³-hybridized carbons (Fsp3) is 0.222. The van der Waals surface area contributed by atoms with Gasteiger partial charge in [-0.1, -0.05) is 30.3 Å². The highest BCUT2D eigenvalue weighted by Crippen LogP contribution is 2.16. The Morgan fingerprint density at radius 3 is 2.50 bits per heavy atom. The predicted octanol–water partition coefficient (Wildman–Crippen LogP) is 3.12. The second-order valence-electron chi connectivity index (χ2n) is 2.41. The molecule has 0 bridgehead atoms. The van der Waals surface area contributed by atoms with Crippen LogP contribution < -0.4 is 0 Å². The Morgan fingerprint density at radius 1 is 1.42 bits per heavy atom. The van der Waals surface area contributed by atoms with Crippen molar-refractivity contribution in [2.45, 2.75) is 13.0 Å². The van der Waals surface area contributed by atoms with Crippen molar-refractivity contribution in [1.29, 1.82) is 0 Å². The van der Waals surface area contributed by atoms with E-state index in [2.05, 4.69) is 0 Å². The monoisotopic (exact) mass is 184 g/mol. The van der Waals surface area contributed by atoms with Crippen LogP contribution in [0.1, 0.15) is 18.6 Å². The number of rotatable bonds is 2. The van der Waals surface area contributed by atoms with E-state index in [0.717, 1.165) is 5.56 Å². The minimum Gasteiger partial charge on any atom is -0.446 e. The molecule has 0 saturated carbocycles. The summed E-state index contributed by atoms with van der Waals surface area (Å²) in [6.45, 7) is 1.77. The van der Waals surface area contributed by atoms with Crippen molar-refractivity contribution in [3.63, 3.8) is 0 Å². The highest BCUT2D eigenvalue weighted by atomic mass is 35.5. The molecule has 0 aliphatic heterocycles. The van der Waals surface area contributed by atoms with E-state index in [4.69, 9.17) is 16.3 Å². The lowest BCUT2D eigenvalue weighted by molar-refractivity contribution is 0.132. The summed E-state index contributed by atoms with van der Waals surface area (Å²) < 4.78 is 4.76. The normalized spacial score (nSPS) is 12.2. The zero-order valence-corrected chi connectivity index (χ0v) is 7.41. The van der Waals surface area contributed by atoms with E-state index in [-0.39, 0.29) is 6.10 Å². The third kappa shape index (κ3) is 2.55. The number of ether oxygens (including phenoxy) is 1. The zero-order chi connectivity index (χ0) is 8.97. The minimum absolute atomic E-state index is 0.281. The van der Waals surface area contributed by atoms with Gasteiger partial charge in [0.1, 0.15) is 6.10 Å². The van der Waals surface area contributed by atoms with Crippen LogP contribution in [0.3, 0.4) is 0 Å². The van der Waals surface area contributed by atoms with Gasteiger partial charge >= 0.3 is 5.43 Å². The van der Waals surface area contributed by atoms with E-state index in [1.165, 1.54) is 0 Å². The molecule has 0 saturated heterocycles. The van der Waals surface area contributed by atoms with Crippen LogP contribution in [0, 0.1) is 0 Å². The largest absolute Gasteiger partial charge is 0.446 e. The third-order valence-corrected chi connectivity index (χ3v) is 1.63. The third-order valence-electron chi connectivity index (χ3n) is 1.54. The van der Waals surface area contributed by atoms with Crippen molar-refractivity contribution < 1.29 is 9.53 Å². The Balaban J connectivity index is 2.65. The van der Waals surface area contributed by atoms with Gasteiger partial charge in [-0.2, -0.15) is 0 Å². The van der Waals surface area contributed by atoms with Crippen LogP contribution in [-0.4, -0.2) is 5.43 Å². The fourth-order valence-corrected chi connectivity index (χ4v) is 1.06. The van der Waals surface area contributed by atoms with Crippen LogP contribution in [0.4, 0.5) is 4.79 Å². The molecule has 0 unspecified atom stereocenters. The van der Waals surface area contributed by atoms with Gasteiger partial charge in [0.15, 0.2) is 0 Å². The molecule has 0 aromatic heterocycles. The standard InChI is InChI=1S/C9H9ClO2/c1-7(12-9(10)11)8-5-3-2-4-6-8/h2-7H,1H3/t7-/m0/s1. The number of carbonyl (C=O) groups is 1. The summed E-state index contributed by atoms with van der Waals surface area (Å²) in [4.78, 5) is 10.4. The zero-order valence-electron chi connectivity index (χ0n) is 6.66. The topological polar surface area (TPSA) is 26.3 Å². The van der Waals surface area contributed by atoms with Gasteiger partial charge in [0, 0.05) is 11.6 Å².